The van der Waals surface area contributed by atoms with Gasteiger partial charge in [-0.2, -0.15) is 0 Å². The van der Waals surface area contributed by atoms with Gasteiger partial charge in [-0.05, 0) is 64.2 Å². The minimum absolute atomic E-state index is 0.240. The van der Waals surface area contributed by atoms with Crippen LogP contribution >= 0.6 is 0 Å². The molecule has 9 N–H and O–H groups in total. The monoisotopic (exact) mass is 1430 g/mol. The van der Waals surface area contributed by atoms with E-state index in [1.165, 1.54) is 334 Å². The number of amides is 1. The van der Waals surface area contributed by atoms with Gasteiger partial charge in [-0.1, -0.05) is 383 Å². The first-order valence-corrected chi connectivity index (χ1v) is 43.4. The summed E-state index contributed by atoms with van der Waals surface area (Å²) in [5, 5.41) is 87.7. The van der Waals surface area contributed by atoms with Crippen molar-refractivity contribution in [2.24, 2.45) is 0 Å². The van der Waals surface area contributed by atoms with Gasteiger partial charge in [0.2, 0.25) is 5.91 Å². The fourth-order valence-electron chi connectivity index (χ4n) is 14.4. The molecule has 0 saturated carbocycles. The average Bonchev–Trinajstić information content (AvgIpc) is 0.792. The Morgan fingerprint density at radius 2 is 0.663 bits per heavy atom. The van der Waals surface area contributed by atoms with E-state index in [0.29, 0.717) is 12.8 Å². The van der Waals surface area contributed by atoms with Crippen molar-refractivity contribution in [3.63, 3.8) is 0 Å². The molecule has 1 amide bonds. The van der Waals surface area contributed by atoms with Crippen molar-refractivity contribution in [3.8, 4) is 0 Å². The summed E-state index contributed by atoms with van der Waals surface area (Å²) in [7, 11) is 0. The number of rotatable bonds is 74. The molecule has 0 radical (unpaired) electrons. The molecule has 12 atom stereocenters. The molecule has 2 aliphatic heterocycles. The van der Waals surface area contributed by atoms with Crippen LogP contribution in [0.3, 0.4) is 0 Å². The number of unbranched alkanes of at least 4 members (excludes halogenated alkanes) is 55. The molecular formula is C87H163NO13. The number of aliphatic hydroxyl groups excluding tert-OH is 8. The summed E-state index contributed by atoms with van der Waals surface area (Å²) in [4.78, 5) is 13.4. The lowest BCUT2D eigenvalue weighted by Gasteiger charge is -2.46. The zero-order valence-corrected chi connectivity index (χ0v) is 65.4. The molecule has 2 saturated heterocycles. The topological polar surface area (TPSA) is 228 Å². The molecule has 14 heteroatoms. The van der Waals surface area contributed by atoms with Gasteiger partial charge >= 0.3 is 0 Å². The number of hydrogen-bond donors (Lipinski definition) is 9. The number of ether oxygens (including phenoxy) is 4. The highest BCUT2D eigenvalue weighted by Gasteiger charge is 2.51. The Kier molecular flexibility index (Phi) is 66.7. The van der Waals surface area contributed by atoms with Crippen LogP contribution in [0, 0.1) is 0 Å². The zero-order chi connectivity index (χ0) is 73.0. The first-order valence-electron chi connectivity index (χ1n) is 43.4. The Morgan fingerprint density at radius 3 is 1.03 bits per heavy atom. The molecule has 0 aromatic carbocycles. The van der Waals surface area contributed by atoms with E-state index < -0.39 is 86.8 Å². The Labute approximate surface area is 620 Å². The lowest BCUT2D eigenvalue weighted by atomic mass is 9.97. The van der Waals surface area contributed by atoms with E-state index in [4.69, 9.17) is 18.9 Å². The number of hydrogen-bond acceptors (Lipinski definition) is 13. The van der Waals surface area contributed by atoms with E-state index in [1.807, 2.05) is 6.08 Å². The van der Waals surface area contributed by atoms with E-state index in [-0.39, 0.29) is 18.9 Å². The summed E-state index contributed by atoms with van der Waals surface area (Å²) in [6, 6.07) is -0.932. The van der Waals surface area contributed by atoms with Gasteiger partial charge in [-0.3, -0.25) is 4.79 Å². The number of carbonyl (C=O) groups excluding carboxylic acids is 1. The van der Waals surface area contributed by atoms with Gasteiger partial charge < -0.3 is 65.1 Å². The van der Waals surface area contributed by atoms with E-state index in [2.05, 4.69) is 55.6 Å². The lowest BCUT2D eigenvalue weighted by Crippen LogP contribution is -2.65. The smallest absolute Gasteiger partial charge is 0.220 e. The molecule has 2 aliphatic rings. The summed E-state index contributed by atoms with van der Waals surface area (Å²) in [5.41, 5.74) is 0. The predicted molar refractivity (Wildman–Crippen MR) is 420 cm³/mol. The number of aliphatic hydroxyl groups is 8. The number of nitrogens with one attached hydrogen (secondary N) is 1. The summed E-state index contributed by atoms with van der Waals surface area (Å²) >= 11 is 0. The number of allylic oxidation sites excluding steroid dienone is 7. The van der Waals surface area contributed by atoms with Gasteiger partial charge in [-0.25, -0.2) is 0 Å². The Balaban J connectivity index is 1.56. The van der Waals surface area contributed by atoms with E-state index in [1.54, 1.807) is 6.08 Å². The maximum atomic E-state index is 13.4. The van der Waals surface area contributed by atoms with Crippen LogP contribution in [0.5, 0.6) is 0 Å². The molecule has 12 unspecified atom stereocenters. The van der Waals surface area contributed by atoms with Crippen molar-refractivity contribution in [2.45, 2.75) is 479 Å². The highest BCUT2D eigenvalue weighted by Crippen LogP contribution is 2.30. The molecule has 14 nitrogen and oxygen atoms in total. The normalized spacial score (nSPS) is 21.9. The second-order valence-corrected chi connectivity index (χ2v) is 30.7. The molecule has 101 heavy (non-hydrogen) atoms. The molecule has 2 rings (SSSR count). The quantitative estimate of drug-likeness (QED) is 0.0204. The minimum Gasteiger partial charge on any atom is -0.394 e. The van der Waals surface area contributed by atoms with Crippen LogP contribution in [0.1, 0.15) is 406 Å². The van der Waals surface area contributed by atoms with E-state index in [9.17, 15) is 45.6 Å². The Morgan fingerprint density at radius 1 is 0.356 bits per heavy atom. The van der Waals surface area contributed by atoms with Crippen LogP contribution in [0.15, 0.2) is 48.6 Å². The maximum absolute atomic E-state index is 13.4. The SMILES string of the molecule is CCCCCCC/C=C\C/C=C\CCCCCCCCCCCCCCCCCCCCCCCCCCCCCCCC(=O)NC(COC1OC(CO)C(OC2OC(CO)C(O)C(O)C2O)C(O)C1O)C(O)/C=C/CC/C=C/CCCCCCCCCCCCCCCCCCCCCC. The van der Waals surface area contributed by atoms with Gasteiger partial charge in [0, 0.05) is 6.42 Å². The van der Waals surface area contributed by atoms with Crippen molar-refractivity contribution < 1.29 is 64.6 Å². The minimum atomic E-state index is -1.79. The maximum Gasteiger partial charge on any atom is 0.220 e. The van der Waals surface area contributed by atoms with Gasteiger partial charge in [-0.15, -0.1) is 0 Å². The molecule has 0 aromatic heterocycles. The summed E-state index contributed by atoms with van der Waals surface area (Å²) in [5.74, 6) is -0.240. The first-order chi connectivity index (χ1) is 49.6. The fraction of sp³-hybridized carbons (Fsp3) is 0.897. The fourth-order valence-corrected chi connectivity index (χ4v) is 14.4. The second kappa shape index (κ2) is 70.9. The standard InChI is InChI=1S/C87H163NO13/c1-3-5-7-9-11-13-15-17-19-21-23-25-27-29-31-32-33-34-35-36-37-38-39-40-41-42-43-44-45-47-49-51-53-55-57-59-61-63-65-67-69-71-79(92)88-75(74-98-86-84(97)82(95)85(78(73-90)100-86)101-87-83(96)81(94)80(93)77(72-89)99-87)76(91)70-68-66-64-62-60-58-56-54-52-50-48-46-30-28-26-24-22-20-18-16-14-12-10-8-6-4-2/h15,17,21,23,60,62,68,70,75-78,80-87,89-91,93-97H,3-14,16,18-20,22,24-59,61,63-67,69,71-74H2,1-2H3,(H,88,92)/b17-15-,23-21-,62-60+,70-68+. The van der Waals surface area contributed by atoms with Crippen molar-refractivity contribution in [1.82, 2.24) is 5.32 Å². The third-order valence-electron chi connectivity index (χ3n) is 21.2. The summed E-state index contributed by atoms with van der Waals surface area (Å²) < 4.78 is 22.9. The van der Waals surface area contributed by atoms with Crippen molar-refractivity contribution in [2.75, 3.05) is 19.8 Å². The molecule has 2 fully saturated rings. The van der Waals surface area contributed by atoms with Crippen LogP contribution in [-0.4, -0.2) is 140 Å². The lowest BCUT2D eigenvalue weighted by molar-refractivity contribution is -0.359. The average molecular weight is 1430 g/mol. The van der Waals surface area contributed by atoms with Crippen LogP contribution in [-0.2, 0) is 23.7 Å². The van der Waals surface area contributed by atoms with Crippen molar-refractivity contribution >= 4 is 5.91 Å². The summed E-state index contributed by atoms with van der Waals surface area (Å²) in [6.45, 7) is 2.84. The molecule has 0 aliphatic carbocycles. The number of carbonyl (C=O) groups is 1. The molecular weight excluding hydrogens is 1270 g/mol. The molecule has 594 valence electrons. The zero-order valence-electron chi connectivity index (χ0n) is 65.4. The molecule has 0 spiro atoms. The first kappa shape index (κ1) is 95.0. The Hall–Kier alpha value is -2.05. The molecule has 0 bridgehead atoms. The summed E-state index contributed by atoms with van der Waals surface area (Å²) in [6.07, 6.45) is 79.5. The van der Waals surface area contributed by atoms with Gasteiger partial charge in [0.05, 0.1) is 32.0 Å². The third-order valence-corrected chi connectivity index (χ3v) is 21.2. The van der Waals surface area contributed by atoms with E-state index >= 15 is 0 Å². The largest absolute Gasteiger partial charge is 0.394 e. The van der Waals surface area contributed by atoms with Gasteiger partial charge in [0.1, 0.15) is 48.8 Å². The van der Waals surface area contributed by atoms with Crippen LogP contribution < -0.4 is 5.32 Å². The van der Waals surface area contributed by atoms with Crippen LogP contribution in [0.4, 0.5) is 0 Å². The van der Waals surface area contributed by atoms with Crippen LogP contribution in [0.25, 0.3) is 0 Å². The van der Waals surface area contributed by atoms with Gasteiger partial charge in [0.25, 0.3) is 0 Å². The Bertz CT molecular complexity index is 1880. The van der Waals surface area contributed by atoms with Gasteiger partial charge in [0.15, 0.2) is 12.6 Å². The second-order valence-electron chi connectivity index (χ2n) is 30.7. The molecule has 2 heterocycles. The van der Waals surface area contributed by atoms with E-state index in [0.717, 1.165) is 38.5 Å². The van der Waals surface area contributed by atoms with Crippen molar-refractivity contribution in [3.05, 3.63) is 48.6 Å². The highest BCUT2D eigenvalue weighted by atomic mass is 16.7. The van der Waals surface area contributed by atoms with Crippen molar-refractivity contribution in [1.29, 1.82) is 0 Å². The molecule has 0 aromatic rings. The highest BCUT2D eigenvalue weighted by molar-refractivity contribution is 5.76. The van der Waals surface area contributed by atoms with Crippen LogP contribution in [0.2, 0.25) is 0 Å². The third kappa shape index (κ3) is 53.4. The predicted octanol–water partition coefficient (Wildman–Crippen LogP) is 20.5.